The van der Waals surface area contributed by atoms with Crippen molar-refractivity contribution in [1.82, 2.24) is 0 Å². The first-order valence-electron chi connectivity index (χ1n) is 14.5. The largest absolute Gasteiger partial charge is 0.478 e. The Hall–Kier alpha value is -3.78. The average Bonchev–Trinajstić information content (AvgIpc) is 2.87. The Labute approximate surface area is 261 Å². The van der Waals surface area contributed by atoms with Gasteiger partial charge in [0.05, 0.1) is 22.1 Å². The second-order valence-corrected chi connectivity index (χ2v) is 16.4. The van der Waals surface area contributed by atoms with Crippen molar-refractivity contribution in [1.29, 1.82) is 0 Å². The average molecular weight is 654 g/mol. The molecule has 13 heteroatoms. The van der Waals surface area contributed by atoms with Gasteiger partial charge < -0.3 is 15.2 Å². The van der Waals surface area contributed by atoms with Gasteiger partial charge in [-0.15, -0.1) is 0 Å². The van der Waals surface area contributed by atoms with Crippen molar-refractivity contribution >= 4 is 37.4 Å². The predicted molar refractivity (Wildman–Crippen MR) is 168 cm³/mol. The van der Waals surface area contributed by atoms with Gasteiger partial charge in [0.25, 0.3) is 10.1 Å². The molecular formula is C32H35N3O8S2. The van der Waals surface area contributed by atoms with E-state index in [4.69, 9.17) is 14.9 Å². The normalized spacial score (nSPS) is 21.2. The molecule has 45 heavy (non-hydrogen) atoms. The molecule has 2 unspecified atom stereocenters. The zero-order valence-electron chi connectivity index (χ0n) is 25.7. The Morgan fingerprint density at radius 3 is 2.22 bits per heavy atom. The van der Waals surface area contributed by atoms with Gasteiger partial charge in [-0.2, -0.15) is 8.42 Å². The molecule has 11 nitrogen and oxygen atoms in total. The van der Waals surface area contributed by atoms with Gasteiger partial charge in [-0.1, -0.05) is 32.0 Å². The number of hydrogen-bond donors (Lipinski definition) is 4. The first-order valence-corrected chi connectivity index (χ1v) is 17.5. The van der Waals surface area contributed by atoms with Gasteiger partial charge in [-0.3, -0.25) is 9.55 Å². The highest BCUT2D eigenvalue weighted by Gasteiger charge is 2.41. The third-order valence-electron chi connectivity index (χ3n) is 8.78. The molecule has 6 rings (SSSR count). The lowest BCUT2D eigenvalue weighted by atomic mass is 9.79. The van der Waals surface area contributed by atoms with Crippen LogP contribution < -0.4 is 25.8 Å². The van der Waals surface area contributed by atoms with E-state index in [0.717, 1.165) is 0 Å². The summed E-state index contributed by atoms with van der Waals surface area (Å²) in [6, 6.07) is 9.64. The Bertz CT molecular complexity index is 2190. The van der Waals surface area contributed by atoms with Crippen LogP contribution in [0.15, 0.2) is 51.2 Å². The standard InChI is InChI=1S/C32H35N3O8S2/c1-15-13-31(3,4)34-24-19(15)11-21-23(17-9-7-8-10-18(17)30(36)37)22-12-20-16(2)14-32(5,6)35-25(20)29(45(40,41)42)27(22)43-26(21)28(24)44(33,38)39/h7-12,15-16,35H,13-14H2,1-6H3,(H,36,37)(H2,33,38,39)(H,40,41,42). The zero-order valence-corrected chi connectivity index (χ0v) is 27.4. The van der Waals surface area contributed by atoms with Gasteiger partial charge in [0.2, 0.25) is 10.0 Å². The minimum absolute atomic E-state index is 0.0986. The fourth-order valence-electron chi connectivity index (χ4n) is 7.30. The molecule has 0 aromatic heterocycles. The molecule has 3 aliphatic rings. The van der Waals surface area contributed by atoms with E-state index in [1.165, 1.54) is 6.07 Å². The molecule has 2 atom stereocenters. The molecule has 3 aromatic carbocycles. The van der Waals surface area contributed by atoms with E-state index in [-0.39, 0.29) is 61.9 Å². The van der Waals surface area contributed by atoms with Crippen LogP contribution in [-0.4, -0.2) is 43.5 Å². The highest BCUT2D eigenvalue weighted by molar-refractivity contribution is 7.89. The predicted octanol–water partition coefficient (Wildman–Crippen LogP) is 4.24. The van der Waals surface area contributed by atoms with E-state index < -0.39 is 47.0 Å². The number of sulfonamides is 1. The van der Waals surface area contributed by atoms with Gasteiger partial charge in [0, 0.05) is 21.9 Å². The third kappa shape index (κ3) is 5.11. The number of benzene rings is 3. The highest BCUT2D eigenvalue weighted by Crippen LogP contribution is 2.51. The van der Waals surface area contributed by atoms with Crippen molar-refractivity contribution in [2.24, 2.45) is 10.1 Å². The summed E-state index contributed by atoms with van der Waals surface area (Å²) < 4.78 is 70.4. The highest BCUT2D eigenvalue weighted by atomic mass is 32.2. The smallest absolute Gasteiger partial charge is 0.336 e. The molecule has 0 amide bonds. The lowest BCUT2D eigenvalue weighted by Gasteiger charge is -2.39. The molecule has 0 radical (unpaired) electrons. The minimum atomic E-state index is -5.01. The van der Waals surface area contributed by atoms with Crippen LogP contribution in [0.1, 0.15) is 98.8 Å². The van der Waals surface area contributed by atoms with Gasteiger partial charge >= 0.3 is 5.97 Å². The Morgan fingerprint density at radius 2 is 1.60 bits per heavy atom. The maximum atomic E-state index is 13.4. The fourth-order valence-corrected chi connectivity index (χ4v) is 8.96. The summed E-state index contributed by atoms with van der Waals surface area (Å²) in [6.45, 7) is 11.4. The van der Waals surface area contributed by atoms with Crippen LogP contribution in [0.5, 0.6) is 11.5 Å². The second-order valence-electron chi connectivity index (χ2n) is 13.6. The molecule has 5 N–H and O–H groups in total. The molecule has 0 saturated carbocycles. The van der Waals surface area contributed by atoms with Gasteiger partial charge in [-0.25, -0.2) is 18.4 Å². The molecule has 238 valence electrons. The van der Waals surface area contributed by atoms with Gasteiger partial charge in [0.1, 0.15) is 0 Å². The molecular weight excluding hydrogens is 618 g/mol. The van der Waals surface area contributed by atoms with Crippen LogP contribution in [0.4, 0.5) is 5.69 Å². The molecule has 0 fully saturated rings. The number of rotatable bonds is 4. The molecule has 3 aromatic rings. The molecule has 0 bridgehead atoms. The van der Waals surface area contributed by atoms with E-state index in [1.54, 1.807) is 30.3 Å². The Balaban J connectivity index is 1.92. The molecule has 0 saturated heterocycles. The van der Waals surface area contributed by atoms with Crippen LogP contribution in [0, 0.1) is 0 Å². The number of nitrogens with zero attached hydrogens (tertiary/aromatic N) is 1. The first-order chi connectivity index (χ1) is 20.7. The van der Waals surface area contributed by atoms with Crippen molar-refractivity contribution in [3.8, 4) is 11.5 Å². The fraction of sp³-hybridized carbons (Fsp3) is 0.375. The summed E-state index contributed by atoms with van der Waals surface area (Å²) in [6.07, 6.45) is 1.22. The van der Waals surface area contributed by atoms with Gasteiger partial charge in [-0.05, 0) is 87.3 Å². The van der Waals surface area contributed by atoms with Crippen LogP contribution in [0.3, 0.4) is 0 Å². The van der Waals surface area contributed by atoms with E-state index in [1.807, 2.05) is 41.5 Å². The van der Waals surface area contributed by atoms with Crippen molar-refractivity contribution in [2.75, 3.05) is 5.32 Å². The molecule has 3 heterocycles. The van der Waals surface area contributed by atoms with E-state index in [9.17, 15) is 31.3 Å². The topological polar surface area (TPSA) is 185 Å². The number of carboxylic acids is 1. The lowest BCUT2D eigenvalue weighted by Crippen LogP contribution is -2.39. The van der Waals surface area contributed by atoms with Crippen molar-refractivity contribution in [3.63, 3.8) is 0 Å². The summed E-state index contributed by atoms with van der Waals surface area (Å²) in [5.41, 5.74) is 0.597. The number of primary sulfonamides is 1. The molecule has 3 aliphatic heterocycles. The van der Waals surface area contributed by atoms with Crippen molar-refractivity contribution in [2.45, 2.75) is 87.1 Å². The van der Waals surface area contributed by atoms with E-state index >= 15 is 0 Å². The summed E-state index contributed by atoms with van der Waals surface area (Å²) in [4.78, 5) is 16.3. The van der Waals surface area contributed by atoms with Crippen LogP contribution in [0.25, 0.3) is 5.57 Å². The molecule has 0 aliphatic carbocycles. The van der Waals surface area contributed by atoms with E-state index in [2.05, 4.69) is 5.32 Å². The van der Waals surface area contributed by atoms with Gasteiger partial charge in [0.15, 0.2) is 21.3 Å². The third-order valence-corrected chi connectivity index (χ3v) is 10.6. The number of anilines is 1. The maximum absolute atomic E-state index is 13.4. The maximum Gasteiger partial charge on any atom is 0.336 e. The monoisotopic (exact) mass is 653 g/mol. The summed E-state index contributed by atoms with van der Waals surface area (Å²) in [5, 5.41) is 19.6. The van der Waals surface area contributed by atoms with Crippen molar-refractivity contribution in [3.05, 3.63) is 74.8 Å². The van der Waals surface area contributed by atoms with Crippen LogP contribution in [-0.2, 0) is 20.1 Å². The minimum Gasteiger partial charge on any atom is -0.478 e. The quantitative estimate of drug-likeness (QED) is 0.234. The number of aromatic carboxylic acids is 1. The SMILES string of the molecule is CC1CC(C)(C)Nc2c1cc1c(c2S(=O)(=O)O)Oc2c(S(N)(=O)=O)c3c(cc2=C1c1ccccc1C(=O)O)C(C)CC(C)(C)N=3. The lowest BCUT2D eigenvalue weighted by molar-refractivity contribution is 0.0696. The number of carboxylic acid groups (broad SMARTS) is 1. The number of nitrogens with one attached hydrogen (secondary N) is 1. The summed E-state index contributed by atoms with van der Waals surface area (Å²) in [5.74, 6) is -2.22. The summed E-state index contributed by atoms with van der Waals surface area (Å²) >= 11 is 0. The Kier molecular flexibility index (Phi) is 6.84. The second kappa shape index (κ2) is 9.86. The number of ether oxygens (including phenoxy) is 1. The number of carbonyl (C=O) groups is 1. The van der Waals surface area contributed by atoms with Crippen LogP contribution >= 0.6 is 0 Å². The number of hydrogen-bond acceptors (Lipinski definition) is 8. The van der Waals surface area contributed by atoms with Crippen molar-refractivity contribution < 1.29 is 36.0 Å². The molecule has 0 spiro atoms. The summed E-state index contributed by atoms with van der Waals surface area (Å²) in [7, 11) is -9.57. The zero-order chi connectivity index (χ0) is 33.0. The Morgan fingerprint density at radius 1 is 0.956 bits per heavy atom. The number of nitrogens with two attached hydrogens (primary N) is 1. The van der Waals surface area contributed by atoms with Crippen LogP contribution in [0.2, 0.25) is 0 Å². The first kappa shape index (κ1) is 31.2. The van der Waals surface area contributed by atoms with E-state index in [0.29, 0.717) is 24.0 Å². The number of fused-ring (bicyclic) bond motifs is 4.